The molecule has 5 heteroatoms. The first-order valence-corrected chi connectivity index (χ1v) is 6.34. The van der Waals surface area contributed by atoms with E-state index >= 15 is 0 Å². The van der Waals surface area contributed by atoms with Crippen molar-refractivity contribution in [3.63, 3.8) is 0 Å². The molecule has 0 radical (unpaired) electrons. The van der Waals surface area contributed by atoms with Gasteiger partial charge in [-0.3, -0.25) is 0 Å². The number of aromatic nitrogens is 1. The molecule has 2 aromatic rings. The summed E-state index contributed by atoms with van der Waals surface area (Å²) < 4.78 is 7.00. The molecule has 0 spiro atoms. The average molecular weight is 346 g/mol. The van der Waals surface area contributed by atoms with Crippen molar-refractivity contribution in [2.75, 3.05) is 5.32 Å². The largest absolute Gasteiger partial charge is 0.452 e. The molecule has 2 heterocycles. The minimum Gasteiger partial charge on any atom is -0.452 e. The monoisotopic (exact) mass is 344 g/mol. The molecule has 3 nitrogen and oxygen atoms in total. The Morgan fingerprint density at radius 2 is 2.19 bits per heavy atom. The van der Waals surface area contributed by atoms with Crippen LogP contribution in [0, 0.1) is 6.92 Å². The van der Waals surface area contributed by atoms with Crippen molar-refractivity contribution in [1.29, 1.82) is 0 Å². The third kappa shape index (κ3) is 2.86. The number of nitrogens with one attached hydrogen (secondary N) is 1. The van der Waals surface area contributed by atoms with Crippen LogP contribution in [0.5, 0.6) is 0 Å². The Morgan fingerprint density at radius 1 is 1.38 bits per heavy atom. The summed E-state index contributed by atoms with van der Waals surface area (Å²) in [6.07, 6.45) is 1.79. The quantitative estimate of drug-likeness (QED) is 0.850. The van der Waals surface area contributed by atoms with Gasteiger partial charge in [0.05, 0.1) is 18.4 Å². The molecule has 16 heavy (non-hydrogen) atoms. The van der Waals surface area contributed by atoms with Crippen LogP contribution in [0.2, 0.25) is 0 Å². The Labute approximate surface area is 111 Å². The number of hydrogen-bond acceptors (Lipinski definition) is 3. The number of pyridine rings is 1. The van der Waals surface area contributed by atoms with Crippen molar-refractivity contribution in [3.8, 4) is 0 Å². The Bertz CT molecular complexity index is 496. The van der Waals surface area contributed by atoms with E-state index in [9.17, 15) is 0 Å². The summed E-state index contributed by atoms with van der Waals surface area (Å²) in [4.78, 5) is 4.21. The van der Waals surface area contributed by atoms with E-state index < -0.39 is 0 Å². The van der Waals surface area contributed by atoms with Crippen LogP contribution in [0.1, 0.15) is 11.3 Å². The first-order chi connectivity index (χ1) is 7.65. The molecule has 0 unspecified atom stereocenters. The summed E-state index contributed by atoms with van der Waals surface area (Å²) in [5.74, 6) is 0.882. The van der Waals surface area contributed by atoms with Crippen LogP contribution in [-0.2, 0) is 6.54 Å². The predicted octanol–water partition coefficient (Wildman–Crippen LogP) is 4.12. The van der Waals surface area contributed by atoms with Gasteiger partial charge in [-0.15, -0.1) is 0 Å². The van der Waals surface area contributed by atoms with Gasteiger partial charge in [-0.2, -0.15) is 0 Å². The summed E-state index contributed by atoms with van der Waals surface area (Å²) in [5, 5.41) is 3.24. The lowest BCUT2D eigenvalue weighted by Gasteiger charge is -2.05. The van der Waals surface area contributed by atoms with Crippen LogP contribution in [0.3, 0.4) is 0 Å². The lowest BCUT2D eigenvalue weighted by molar-refractivity contribution is 0.495. The van der Waals surface area contributed by atoms with Crippen molar-refractivity contribution in [2.45, 2.75) is 13.5 Å². The standard InChI is InChI=1S/C11H10Br2N2O/c1-7-4-8(5-15-11(7)13)14-6-9-2-3-10(12)16-9/h2-5,14H,6H2,1H3. The smallest absolute Gasteiger partial charge is 0.169 e. The van der Waals surface area contributed by atoms with Gasteiger partial charge in [0.2, 0.25) is 0 Å². The zero-order valence-electron chi connectivity index (χ0n) is 8.63. The lowest BCUT2D eigenvalue weighted by Crippen LogP contribution is -1.99. The highest BCUT2D eigenvalue weighted by atomic mass is 79.9. The van der Waals surface area contributed by atoms with Crippen LogP contribution in [0.4, 0.5) is 5.69 Å². The number of aryl methyl sites for hydroxylation is 1. The van der Waals surface area contributed by atoms with E-state index in [1.807, 2.05) is 25.1 Å². The highest BCUT2D eigenvalue weighted by Gasteiger charge is 2.01. The van der Waals surface area contributed by atoms with Gasteiger partial charge in [-0.25, -0.2) is 4.98 Å². The number of rotatable bonds is 3. The molecule has 0 aromatic carbocycles. The van der Waals surface area contributed by atoms with Gasteiger partial charge < -0.3 is 9.73 Å². The van der Waals surface area contributed by atoms with E-state index in [0.717, 1.165) is 26.3 Å². The molecule has 84 valence electrons. The Morgan fingerprint density at radius 3 is 2.81 bits per heavy atom. The molecule has 0 fully saturated rings. The van der Waals surface area contributed by atoms with E-state index in [4.69, 9.17) is 4.42 Å². The van der Waals surface area contributed by atoms with Crippen molar-refractivity contribution in [3.05, 3.63) is 45.0 Å². The number of halogens is 2. The zero-order valence-corrected chi connectivity index (χ0v) is 11.8. The van der Waals surface area contributed by atoms with E-state index in [-0.39, 0.29) is 0 Å². The topological polar surface area (TPSA) is 38.1 Å². The maximum absolute atomic E-state index is 5.38. The third-order valence-corrected chi connectivity index (χ3v) is 3.37. The molecular formula is C11H10Br2N2O. The van der Waals surface area contributed by atoms with Crippen molar-refractivity contribution in [1.82, 2.24) is 4.98 Å². The Kier molecular flexibility index (Phi) is 3.66. The van der Waals surface area contributed by atoms with Gasteiger partial charge in [0.15, 0.2) is 4.67 Å². The summed E-state index contributed by atoms with van der Waals surface area (Å²) in [6, 6.07) is 5.84. The molecule has 0 aliphatic rings. The van der Waals surface area contributed by atoms with Crippen LogP contribution in [-0.4, -0.2) is 4.98 Å². The van der Waals surface area contributed by atoms with Gasteiger partial charge in [0, 0.05) is 0 Å². The second kappa shape index (κ2) is 5.01. The van der Waals surface area contributed by atoms with Gasteiger partial charge >= 0.3 is 0 Å². The number of furan rings is 1. The molecule has 0 saturated carbocycles. The lowest BCUT2D eigenvalue weighted by atomic mass is 10.3. The fourth-order valence-electron chi connectivity index (χ4n) is 1.29. The first-order valence-electron chi connectivity index (χ1n) is 4.75. The highest BCUT2D eigenvalue weighted by Crippen LogP contribution is 2.18. The molecule has 0 aliphatic heterocycles. The molecule has 2 aromatic heterocycles. The second-order valence-corrected chi connectivity index (χ2v) is 4.92. The Hall–Kier alpha value is -0.810. The van der Waals surface area contributed by atoms with E-state index in [0.29, 0.717) is 6.54 Å². The van der Waals surface area contributed by atoms with Crippen molar-refractivity contribution < 1.29 is 4.42 Å². The normalized spacial score (nSPS) is 10.4. The zero-order chi connectivity index (χ0) is 11.5. The fourth-order valence-corrected chi connectivity index (χ4v) is 1.85. The summed E-state index contributed by atoms with van der Waals surface area (Å²) in [7, 11) is 0. The summed E-state index contributed by atoms with van der Waals surface area (Å²) >= 11 is 6.63. The first kappa shape index (κ1) is 11.7. The molecule has 0 saturated heterocycles. The number of anilines is 1. The molecule has 0 aliphatic carbocycles. The predicted molar refractivity (Wildman–Crippen MR) is 70.4 cm³/mol. The minimum atomic E-state index is 0.647. The number of nitrogens with zero attached hydrogens (tertiary/aromatic N) is 1. The molecule has 0 amide bonds. The Balaban J connectivity index is 2.02. The van der Waals surface area contributed by atoms with E-state index in [2.05, 4.69) is 42.2 Å². The van der Waals surface area contributed by atoms with Gasteiger partial charge in [0.25, 0.3) is 0 Å². The second-order valence-electron chi connectivity index (χ2n) is 3.39. The van der Waals surface area contributed by atoms with E-state index in [1.165, 1.54) is 0 Å². The van der Waals surface area contributed by atoms with Crippen LogP contribution in [0.15, 0.2) is 38.1 Å². The van der Waals surface area contributed by atoms with Crippen LogP contribution in [0.25, 0.3) is 0 Å². The minimum absolute atomic E-state index is 0.647. The van der Waals surface area contributed by atoms with Crippen molar-refractivity contribution in [2.24, 2.45) is 0 Å². The number of hydrogen-bond donors (Lipinski definition) is 1. The fraction of sp³-hybridized carbons (Fsp3) is 0.182. The highest BCUT2D eigenvalue weighted by molar-refractivity contribution is 9.10. The van der Waals surface area contributed by atoms with Gasteiger partial charge in [-0.05, 0) is 62.5 Å². The van der Waals surface area contributed by atoms with Crippen molar-refractivity contribution >= 4 is 37.5 Å². The maximum Gasteiger partial charge on any atom is 0.169 e. The molecule has 0 bridgehead atoms. The molecule has 2 rings (SSSR count). The molecular weight excluding hydrogens is 336 g/mol. The molecule has 0 atom stereocenters. The summed E-state index contributed by atoms with van der Waals surface area (Å²) in [6.45, 7) is 2.65. The molecule has 1 N–H and O–H groups in total. The summed E-state index contributed by atoms with van der Waals surface area (Å²) in [5.41, 5.74) is 2.08. The maximum atomic E-state index is 5.38. The SMILES string of the molecule is Cc1cc(NCc2ccc(Br)o2)cnc1Br. The van der Waals surface area contributed by atoms with Gasteiger partial charge in [-0.1, -0.05) is 0 Å². The average Bonchev–Trinajstić information content (AvgIpc) is 2.66. The van der Waals surface area contributed by atoms with Crippen LogP contribution >= 0.6 is 31.9 Å². The third-order valence-electron chi connectivity index (χ3n) is 2.11. The van der Waals surface area contributed by atoms with Gasteiger partial charge in [0.1, 0.15) is 10.4 Å². The van der Waals surface area contributed by atoms with E-state index in [1.54, 1.807) is 6.20 Å². The van der Waals surface area contributed by atoms with Crippen LogP contribution < -0.4 is 5.32 Å².